The molecule has 2 heterocycles. The lowest BCUT2D eigenvalue weighted by Crippen LogP contribution is -2.25. The molecule has 0 bridgehead atoms. The number of nitrogens with one attached hydrogen (secondary N) is 1. The van der Waals surface area contributed by atoms with Crippen LogP contribution in [0.3, 0.4) is 0 Å². The van der Waals surface area contributed by atoms with Crippen LogP contribution in [0.4, 0.5) is 11.1 Å². The van der Waals surface area contributed by atoms with Gasteiger partial charge in [0.1, 0.15) is 11.8 Å². The standard InChI is InChI=1S/C20H19ClN6O2S2/c1-11(17(28)24-19-23-15-8-7-13(29-2)9-16(15)31-19)27-18(22)25-26-20(27)30-10-12-5-3-4-6-14(12)21/h3-9,11H,10H2,1-2H3,(H2,22,25)(H,23,24,28). The number of hydrogen-bond acceptors (Lipinski definition) is 8. The van der Waals surface area contributed by atoms with Crippen LogP contribution < -0.4 is 15.8 Å². The van der Waals surface area contributed by atoms with Crippen LogP contribution in [0.1, 0.15) is 18.5 Å². The van der Waals surface area contributed by atoms with Gasteiger partial charge < -0.3 is 15.8 Å². The molecule has 0 radical (unpaired) electrons. The first kappa shape index (κ1) is 21.4. The number of hydrogen-bond donors (Lipinski definition) is 2. The van der Waals surface area contributed by atoms with Gasteiger partial charge in [-0.25, -0.2) is 4.98 Å². The van der Waals surface area contributed by atoms with Crippen LogP contribution in [0, 0.1) is 0 Å². The van der Waals surface area contributed by atoms with Crippen LogP contribution in [-0.2, 0) is 10.5 Å². The molecule has 11 heteroatoms. The van der Waals surface area contributed by atoms with E-state index in [0.29, 0.717) is 21.1 Å². The van der Waals surface area contributed by atoms with Gasteiger partial charge in [-0.1, -0.05) is 52.9 Å². The highest BCUT2D eigenvalue weighted by molar-refractivity contribution is 7.98. The number of carbonyl (C=O) groups is 1. The summed E-state index contributed by atoms with van der Waals surface area (Å²) in [6.07, 6.45) is 0. The highest BCUT2D eigenvalue weighted by Gasteiger charge is 2.23. The van der Waals surface area contributed by atoms with Crippen molar-refractivity contribution >= 4 is 61.9 Å². The molecule has 1 amide bonds. The van der Waals surface area contributed by atoms with E-state index in [9.17, 15) is 4.79 Å². The van der Waals surface area contributed by atoms with Crippen LogP contribution >= 0.6 is 34.7 Å². The summed E-state index contributed by atoms with van der Waals surface area (Å²) in [4.78, 5) is 17.4. The molecule has 3 N–H and O–H groups in total. The molecule has 1 unspecified atom stereocenters. The normalized spacial score (nSPS) is 12.1. The fraction of sp³-hybridized carbons (Fsp3) is 0.200. The Kier molecular flexibility index (Phi) is 6.30. The van der Waals surface area contributed by atoms with Gasteiger partial charge in [0.25, 0.3) is 0 Å². The van der Waals surface area contributed by atoms with E-state index in [-0.39, 0.29) is 11.9 Å². The number of thioether (sulfide) groups is 1. The maximum atomic E-state index is 12.9. The number of fused-ring (bicyclic) bond motifs is 1. The molecule has 0 spiro atoms. The number of anilines is 2. The fourth-order valence-corrected chi connectivity index (χ4v) is 5.13. The molecule has 1 atom stereocenters. The highest BCUT2D eigenvalue weighted by atomic mass is 35.5. The van der Waals surface area contributed by atoms with E-state index in [1.54, 1.807) is 18.6 Å². The lowest BCUT2D eigenvalue weighted by Gasteiger charge is -2.15. The first-order chi connectivity index (χ1) is 15.0. The lowest BCUT2D eigenvalue weighted by atomic mass is 10.2. The largest absolute Gasteiger partial charge is 0.497 e. The van der Waals surface area contributed by atoms with Crippen molar-refractivity contribution < 1.29 is 9.53 Å². The van der Waals surface area contributed by atoms with E-state index in [1.807, 2.05) is 42.5 Å². The zero-order chi connectivity index (χ0) is 22.0. The average molecular weight is 475 g/mol. The Balaban J connectivity index is 1.50. The molecule has 0 saturated carbocycles. The van der Waals surface area contributed by atoms with Crippen LogP contribution in [0.25, 0.3) is 10.2 Å². The van der Waals surface area contributed by atoms with E-state index < -0.39 is 6.04 Å². The molecular formula is C20H19ClN6O2S2. The minimum atomic E-state index is -0.634. The molecule has 0 aliphatic rings. The molecule has 0 aliphatic heterocycles. The van der Waals surface area contributed by atoms with Crippen molar-refractivity contribution in [2.24, 2.45) is 0 Å². The number of carbonyl (C=O) groups excluding carboxylic acids is 1. The number of thiazole rings is 1. The van der Waals surface area contributed by atoms with Gasteiger partial charge in [0.15, 0.2) is 10.3 Å². The Morgan fingerprint density at radius 3 is 2.90 bits per heavy atom. The summed E-state index contributed by atoms with van der Waals surface area (Å²) in [5.41, 5.74) is 7.76. The van der Waals surface area contributed by atoms with E-state index in [4.69, 9.17) is 22.1 Å². The van der Waals surface area contributed by atoms with E-state index in [0.717, 1.165) is 21.5 Å². The molecule has 8 nitrogen and oxygen atoms in total. The Morgan fingerprint density at radius 1 is 1.32 bits per heavy atom. The average Bonchev–Trinajstić information content (AvgIpc) is 3.34. The van der Waals surface area contributed by atoms with Crippen molar-refractivity contribution in [2.45, 2.75) is 23.9 Å². The Bertz CT molecular complexity index is 1240. The van der Waals surface area contributed by atoms with Crippen LogP contribution in [0.15, 0.2) is 47.6 Å². The second-order valence-electron chi connectivity index (χ2n) is 6.61. The summed E-state index contributed by atoms with van der Waals surface area (Å²) in [5.74, 6) is 1.21. The third-order valence-corrected chi connectivity index (χ3v) is 6.89. The highest BCUT2D eigenvalue weighted by Crippen LogP contribution is 2.31. The molecule has 0 saturated heterocycles. The van der Waals surface area contributed by atoms with Gasteiger partial charge in [-0.2, -0.15) is 0 Å². The Hall–Kier alpha value is -2.82. The second-order valence-corrected chi connectivity index (χ2v) is 8.99. The number of methoxy groups -OCH3 is 1. The van der Waals surface area contributed by atoms with Crippen LogP contribution in [0.2, 0.25) is 5.02 Å². The molecule has 160 valence electrons. The smallest absolute Gasteiger partial charge is 0.249 e. The first-order valence-electron chi connectivity index (χ1n) is 9.28. The SMILES string of the molecule is COc1ccc2nc(NC(=O)C(C)n3c(N)nnc3SCc3ccccc3Cl)sc2c1. The molecule has 31 heavy (non-hydrogen) atoms. The van der Waals surface area contributed by atoms with Crippen molar-refractivity contribution in [2.75, 3.05) is 18.2 Å². The number of aromatic nitrogens is 4. The fourth-order valence-electron chi connectivity index (χ4n) is 2.92. The van der Waals surface area contributed by atoms with Crippen molar-refractivity contribution in [3.63, 3.8) is 0 Å². The Morgan fingerprint density at radius 2 is 2.13 bits per heavy atom. The summed E-state index contributed by atoms with van der Waals surface area (Å²) in [6.45, 7) is 1.74. The predicted molar refractivity (Wildman–Crippen MR) is 125 cm³/mol. The van der Waals surface area contributed by atoms with E-state index in [1.165, 1.54) is 23.1 Å². The van der Waals surface area contributed by atoms with Crippen molar-refractivity contribution in [3.8, 4) is 5.75 Å². The number of amides is 1. The first-order valence-corrected chi connectivity index (χ1v) is 11.5. The van der Waals surface area contributed by atoms with Gasteiger partial charge in [0.2, 0.25) is 11.9 Å². The summed E-state index contributed by atoms with van der Waals surface area (Å²) in [6, 6.07) is 12.5. The molecule has 2 aromatic carbocycles. The minimum Gasteiger partial charge on any atom is -0.497 e. The van der Waals surface area contributed by atoms with Crippen molar-refractivity contribution in [1.29, 1.82) is 0 Å². The van der Waals surface area contributed by atoms with Gasteiger partial charge >= 0.3 is 0 Å². The van der Waals surface area contributed by atoms with E-state index >= 15 is 0 Å². The van der Waals surface area contributed by atoms with Gasteiger partial charge in [-0.3, -0.25) is 9.36 Å². The number of ether oxygens (including phenoxy) is 1. The quantitative estimate of drug-likeness (QED) is 0.376. The van der Waals surface area contributed by atoms with E-state index in [2.05, 4.69) is 20.5 Å². The number of nitrogens with two attached hydrogens (primary N) is 1. The predicted octanol–water partition coefficient (Wildman–Crippen LogP) is 4.62. The number of benzene rings is 2. The molecule has 0 fully saturated rings. The summed E-state index contributed by atoms with van der Waals surface area (Å²) >= 11 is 9.02. The van der Waals surface area contributed by atoms with Gasteiger partial charge in [-0.15, -0.1) is 10.2 Å². The zero-order valence-electron chi connectivity index (χ0n) is 16.7. The summed E-state index contributed by atoms with van der Waals surface area (Å²) < 4.78 is 7.76. The third-order valence-electron chi connectivity index (χ3n) is 4.60. The van der Waals surface area contributed by atoms with Gasteiger partial charge in [0, 0.05) is 10.8 Å². The minimum absolute atomic E-state index is 0.165. The van der Waals surface area contributed by atoms with Gasteiger partial charge in [0.05, 0.1) is 17.3 Å². The monoisotopic (exact) mass is 474 g/mol. The molecular weight excluding hydrogens is 456 g/mol. The molecule has 2 aromatic heterocycles. The van der Waals surface area contributed by atoms with Crippen LogP contribution in [0.5, 0.6) is 5.75 Å². The third kappa shape index (κ3) is 4.60. The van der Waals surface area contributed by atoms with Crippen LogP contribution in [-0.4, -0.2) is 32.8 Å². The number of halogens is 1. The molecule has 4 aromatic rings. The zero-order valence-corrected chi connectivity index (χ0v) is 19.1. The number of nitrogen functional groups attached to an aromatic ring is 1. The number of nitrogens with zero attached hydrogens (tertiary/aromatic N) is 4. The summed E-state index contributed by atoms with van der Waals surface area (Å²) in [5, 5.41) is 12.6. The maximum Gasteiger partial charge on any atom is 0.249 e. The summed E-state index contributed by atoms with van der Waals surface area (Å²) in [7, 11) is 1.61. The second kappa shape index (κ2) is 9.13. The number of rotatable bonds is 7. The molecule has 0 aliphatic carbocycles. The lowest BCUT2D eigenvalue weighted by molar-refractivity contribution is -0.118. The Labute approximate surface area is 191 Å². The topological polar surface area (TPSA) is 108 Å². The van der Waals surface area contributed by atoms with Gasteiger partial charge in [-0.05, 0) is 36.8 Å². The molecule has 4 rings (SSSR count). The van der Waals surface area contributed by atoms with Crippen molar-refractivity contribution in [3.05, 3.63) is 53.1 Å². The van der Waals surface area contributed by atoms with Crippen molar-refractivity contribution in [1.82, 2.24) is 19.7 Å². The maximum absolute atomic E-state index is 12.9.